The first kappa shape index (κ1) is 24.8. The average molecular weight is 477 g/mol. The van der Waals surface area contributed by atoms with Crippen molar-refractivity contribution in [3.63, 3.8) is 0 Å². The highest BCUT2D eigenvalue weighted by molar-refractivity contribution is 7.92. The number of hydroxylamine groups is 1. The average Bonchev–Trinajstić information content (AvgIpc) is 3.26. The molecule has 0 aromatic heterocycles. The van der Waals surface area contributed by atoms with Crippen molar-refractivity contribution in [2.24, 2.45) is 5.16 Å². The summed E-state index contributed by atoms with van der Waals surface area (Å²) in [6.45, 7) is 0.972. The standard InChI is InChI=1S/C23H28N2O7S/c1-23(22(28)24-29,33(2,30)31)13-20-12-21(25-32-20)18-9-7-17(8-10-18)16-5-3-15(4-6-16)11-19(27)14-26/h3-10,19-20,26-27,29H,11-14H2,1-2H3,(H,24,28)/t19-,20-,23-/m1/s1. The Bertz CT molecular complexity index is 1110. The summed E-state index contributed by atoms with van der Waals surface area (Å²) in [5.74, 6) is -1.01. The second-order valence-corrected chi connectivity index (χ2v) is 10.9. The number of oxime groups is 1. The van der Waals surface area contributed by atoms with E-state index in [1.807, 2.05) is 48.5 Å². The van der Waals surface area contributed by atoms with E-state index < -0.39 is 32.7 Å². The van der Waals surface area contributed by atoms with Crippen LogP contribution in [-0.4, -0.2) is 65.3 Å². The number of aliphatic hydroxyl groups is 2. The van der Waals surface area contributed by atoms with Crippen molar-refractivity contribution in [3.8, 4) is 11.1 Å². The van der Waals surface area contributed by atoms with Gasteiger partial charge in [-0.05, 0) is 29.2 Å². The van der Waals surface area contributed by atoms with Crippen LogP contribution in [0.2, 0.25) is 0 Å². The predicted molar refractivity (Wildman–Crippen MR) is 122 cm³/mol. The largest absolute Gasteiger partial charge is 0.394 e. The third-order valence-electron chi connectivity index (χ3n) is 5.94. The van der Waals surface area contributed by atoms with Crippen LogP contribution in [0.15, 0.2) is 53.7 Å². The van der Waals surface area contributed by atoms with Gasteiger partial charge in [0.15, 0.2) is 14.6 Å². The number of nitrogens with one attached hydrogen (secondary N) is 1. The molecular formula is C23H28N2O7S. The van der Waals surface area contributed by atoms with Gasteiger partial charge in [-0.15, -0.1) is 0 Å². The first-order valence-corrected chi connectivity index (χ1v) is 12.3. The van der Waals surface area contributed by atoms with E-state index in [1.54, 1.807) is 0 Å². The lowest BCUT2D eigenvalue weighted by Crippen LogP contribution is -2.51. The van der Waals surface area contributed by atoms with E-state index in [-0.39, 0.29) is 13.0 Å². The van der Waals surface area contributed by atoms with Gasteiger partial charge < -0.3 is 15.1 Å². The van der Waals surface area contributed by atoms with Gasteiger partial charge in [0.1, 0.15) is 6.10 Å². The number of carbonyl (C=O) groups excluding carboxylic acids is 1. The summed E-state index contributed by atoms with van der Waals surface area (Å²) >= 11 is 0. The maximum atomic E-state index is 12.2. The lowest BCUT2D eigenvalue weighted by Gasteiger charge is -2.26. The number of amides is 1. The Labute approximate surface area is 192 Å². The van der Waals surface area contributed by atoms with Crippen LogP contribution in [-0.2, 0) is 25.9 Å². The molecule has 0 spiro atoms. The van der Waals surface area contributed by atoms with Crippen LogP contribution in [0.3, 0.4) is 0 Å². The van der Waals surface area contributed by atoms with Crippen molar-refractivity contribution < 1.29 is 33.5 Å². The number of rotatable bonds is 9. The molecule has 0 aliphatic carbocycles. The van der Waals surface area contributed by atoms with E-state index in [0.29, 0.717) is 18.6 Å². The monoisotopic (exact) mass is 476 g/mol. The Balaban J connectivity index is 1.67. The van der Waals surface area contributed by atoms with Crippen molar-refractivity contribution in [3.05, 3.63) is 59.7 Å². The van der Waals surface area contributed by atoms with Gasteiger partial charge in [0.25, 0.3) is 5.91 Å². The second kappa shape index (κ2) is 10.0. The van der Waals surface area contributed by atoms with Gasteiger partial charge in [0.2, 0.25) is 0 Å². The predicted octanol–water partition coefficient (Wildman–Crippen LogP) is 1.44. The smallest absolute Gasteiger partial charge is 0.264 e. The molecule has 1 heterocycles. The Morgan fingerprint density at radius 1 is 1.15 bits per heavy atom. The highest BCUT2D eigenvalue weighted by atomic mass is 32.2. The van der Waals surface area contributed by atoms with E-state index in [1.165, 1.54) is 12.4 Å². The van der Waals surface area contributed by atoms with Crippen LogP contribution in [0.25, 0.3) is 11.1 Å². The summed E-state index contributed by atoms with van der Waals surface area (Å²) in [5, 5.41) is 31.6. The van der Waals surface area contributed by atoms with E-state index in [4.69, 9.17) is 15.2 Å². The molecule has 1 amide bonds. The van der Waals surface area contributed by atoms with Gasteiger partial charge in [-0.25, -0.2) is 13.9 Å². The van der Waals surface area contributed by atoms with Crippen LogP contribution < -0.4 is 5.48 Å². The van der Waals surface area contributed by atoms with Crippen molar-refractivity contribution in [1.82, 2.24) is 5.48 Å². The van der Waals surface area contributed by atoms with Gasteiger partial charge in [-0.2, -0.15) is 0 Å². The van der Waals surface area contributed by atoms with Gasteiger partial charge >= 0.3 is 0 Å². The quantitative estimate of drug-likeness (QED) is 0.316. The van der Waals surface area contributed by atoms with Crippen molar-refractivity contribution in [2.45, 2.75) is 43.1 Å². The highest BCUT2D eigenvalue weighted by Crippen LogP contribution is 2.30. The first-order valence-electron chi connectivity index (χ1n) is 10.4. The molecule has 2 aromatic rings. The summed E-state index contributed by atoms with van der Waals surface area (Å²) in [6.07, 6.45) is 0.0971. The fraction of sp³-hybridized carbons (Fsp3) is 0.391. The molecule has 33 heavy (non-hydrogen) atoms. The minimum Gasteiger partial charge on any atom is -0.394 e. The van der Waals surface area contributed by atoms with Gasteiger partial charge in [-0.3, -0.25) is 10.0 Å². The van der Waals surface area contributed by atoms with Gasteiger partial charge in [0.05, 0.1) is 18.4 Å². The first-order chi connectivity index (χ1) is 15.6. The SMILES string of the molecule is C[C@@](C[C@H]1CC(c2ccc(-c3ccc(C[C@@H](O)CO)cc3)cc2)=NO1)(C(=O)NO)S(C)(=O)=O. The zero-order valence-corrected chi connectivity index (χ0v) is 19.2. The number of aliphatic hydroxyl groups excluding tert-OH is 2. The molecule has 3 atom stereocenters. The third kappa shape index (κ3) is 5.59. The Morgan fingerprint density at radius 3 is 2.21 bits per heavy atom. The van der Waals surface area contributed by atoms with Crippen LogP contribution >= 0.6 is 0 Å². The number of nitrogens with zero attached hydrogens (tertiary/aromatic N) is 1. The van der Waals surface area contributed by atoms with Crippen LogP contribution in [0.1, 0.15) is 30.9 Å². The molecule has 10 heteroatoms. The second-order valence-electron chi connectivity index (χ2n) is 8.43. The molecule has 3 rings (SSSR count). The van der Waals surface area contributed by atoms with Crippen LogP contribution in [0.4, 0.5) is 0 Å². The van der Waals surface area contributed by atoms with Crippen molar-refractivity contribution in [1.29, 1.82) is 0 Å². The zero-order chi connectivity index (χ0) is 24.2. The molecule has 0 saturated heterocycles. The van der Waals surface area contributed by atoms with E-state index in [0.717, 1.165) is 28.5 Å². The molecule has 178 valence electrons. The molecule has 4 N–H and O–H groups in total. The topological polar surface area (TPSA) is 146 Å². The number of sulfone groups is 1. The lowest BCUT2D eigenvalue weighted by molar-refractivity contribution is -0.132. The molecule has 2 aromatic carbocycles. The molecule has 0 fully saturated rings. The Kier molecular flexibility index (Phi) is 7.53. The summed E-state index contributed by atoms with van der Waals surface area (Å²) in [4.78, 5) is 17.4. The molecule has 9 nitrogen and oxygen atoms in total. The highest BCUT2D eigenvalue weighted by Gasteiger charge is 2.47. The summed E-state index contributed by atoms with van der Waals surface area (Å²) in [6, 6.07) is 15.3. The molecule has 0 unspecified atom stereocenters. The molecule has 0 bridgehead atoms. The van der Waals surface area contributed by atoms with E-state index in [9.17, 15) is 18.3 Å². The minimum atomic E-state index is -3.82. The van der Waals surface area contributed by atoms with Crippen molar-refractivity contribution >= 4 is 21.5 Å². The number of carbonyl (C=O) groups is 1. The van der Waals surface area contributed by atoms with Gasteiger partial charge in [-0.1, -0.05) is 53.7 Å². The Morgan fingerprint density at radius 2 is 1.70 bits per heavy atom. The number of hydrogen-bond acceptors (Lipinski definition) is 8. The Hall–Kier alpha value is -2.79. The minimum absolute atomic E-state index is 0.152. The van der Waals surface area contributed by atoms with E-state index in [2.05, 4.69) is 5.16 Å². The molecule has 1 aliphatic heterocycles. The maximum Gasteiger partial charge on any atom is 0.264 e. The lowest BCUT2D eigenvalue weighted by atomic mass is 9.95. The van der Waals surface area contributed by atoms with Crippen LogP contribution in [0, 0.1) is 0 Å². The zero-order valence-electron chi connectivity index (χ0n) is 18.4. The fourth-order valence-corrected chi connectivity index (χ4v) is 4.57. The third-order valence-corrected chi connectivity index (χ3v) is 7.93. The van der Waals surface area contributed by atoms with Crippen LogP contribution in [0.5, 0.6) is 0 Å². The maximum absolute atomic E-state index is 12.2. The summed E-state index contributed by atoms with van der Waals surface area (Å²) in [5.41, 5.74) is 5.79. The normalized spacial score (nSPS) is 18.7. The summed E-state index contributed by atoms with van der Waals surface area (Å²) in [7, 11) is -3.82. The molecule has 0 radical (unpaired) electrons. The molecular weight excluding hydrogens is 448 g/mol. The van der Waals surface area contributed by atoms with E-state index >= 15 is 0 Å². The number of hydrogen-bond donors (Lipinski definition) is 4. The van der Waals surface area contributed by atoms with Crippen molar-refractivity contribution in [2.75, 3.05) is 12.9 Å². The number of benzene rings is 2. The van der Waals surface area contributed by atoms with Gasteiger partial charge in [0, 0.05) is 25.5 Å². The fourth-order valence-electron chi connectivity index (χ4n) is 3.70. The summed E-state index contributed by atoms with van der Waals surface area (Å²) < 4.78 is 22.5. The molecule has 0 saturated carbocycles. The molecule has 1 aliphatic rings.